The molecule has 0 spiro atoms. The quantitative estimate of drug-likeness (QED) is 0.516. The SMILES string of the molecule is [C].[Fe].[Mn].[Pd]. The summed E-state index contributed by atoms with van der Waals surface area (Å²) in [6, 6.07) is 0. The second-order valence-corrected chi connectivity index (χ2v) is 0. The molecule has 0 N–H and O–H groups in total. The predicted octanol–water partition coefficient (Wildman–Crippen LogP) is 0.0738. The molecule has 3 heteroatoms. The van der Waals surface area contributed by atoms with Crippen molar-refractivity contribution in [2.75, 3.05) is 0 Å². The molecule has 0 heterocycles. The van der Waals surface area contributed by atoms with Crippen molar-refractivity contribution in [1.82, 2.24) is 0 Å². The van der Waals surface area contributed by atoms with Crippen LogP contribution in [0.1, 0.15) is 0 Å². The summed E-state index contributed by atoms with van der Waals surface area (Å²) >= 11 is 0. The van der Waals surface area contributed by atoms with Crippen LogP contribution in [0.5, 0.6) is 0 Å². The fourth-order valence-corrected chi connectivity index (χ4v) is 0. The second kappa shape index (κ2) is 22.3. The molecule has 0 aliphatic carbocycles. The monoisotopic (exact) mass is 229 g/mol. The van der Waals surface area contributed by atoms with Gasteiger partial charge in [-0.1, -0.05) is 0 Å². The molecule has 0 aromatic rings. The third-order valence-corrected chi connectivity index (χ3v) is 0. The minimum Gasteiger partial charge on any atom is 0 e. The number of hydrogen-bond donors (Lipinski definition) is 0. The van der Waals surface area contributed by atoms with E-state index in [1.54, 1.807) is 0 Å². The molecular formula is CFeMnPd. The third kappa shape index (κ3) is 9.33. The molecule has 5 radical (unpaired) electrons. The summed E-state index contributed by atoms with van der Waals surface area (Å²) in [7, 11) is 0. The van der Waals surface area contributed by atoms with Crippen molar-refractivity contribution in [2.45, 2.75) is 0 Å². The maximum atomic E-state index is 0. The first-order chi connectivity index (χ1) is 0. The van der Waals surface area contributed by atoms with Gasteiger partial charge in [-0.3, -0.25) is 0 Å². The van der Waals surface area contributed by atoms with Crippen molar-refractivity contribution in [1.29, 1.82) is 0 Å². The van der Waals surface area contributed by atoms with Crippen LogP contribution in [0.25, 0.3) is 0 Å². The number of rotatable bonds is 0. The molecule has 0 nitrogen and oxygen atoms in total. The van der Waals surface area contributed by atoms with Gasteiger partial charge in [-0.2, -0.15) is 0 Å². The minimum absolute atomic E-state index is 0. The molecule has 0 fully saturated rings. The largest absolute Gasteiger partial charge is 0 e. The van der Waals surface area contributed by atoms with Gasteiger partial charge in [0.15, 0.2) is 0 Å². The normalized spacial score (nSPS) is 0. The molecular weight excluding hydrogens is 229 g/mol. The van der Waals surface area contributed by atoms with E-state index in [-0.39, 0.29) is 62.0 Å². The van der Waals surface area contributed by atoms with E-state index in [0.717, 1.165) is 0 Å². The summed E-state index contributed by atoms with van der Waals surface area (Å²) in [6.07, 6.45) is 0. The second-order valence-electron chi connectivity index (χ2n) is 0. The zero-order chi connectivity index (χ0) is 0. The van der Waals surface area contributed by atoms with E-state index in [1.165, 1.54) is 0 Å². The molecule has 0 rings (SSSR count). The summed E-state index contributed by atoms with van der Waals surface area (Å²) in [5.74, 6) is 0. The van der Waals surface area contributed by atoms with E-state index >= 15 is 0 Å². The first-order valence-corrected chi connectivity index (χ1v) is 0. The van der Waals surface area contributed by atoms with E-state index in [9.17, 15) is 0 Å². The summed E-state index contributed by atoms with van der Waals surface area (Å²) in [5, 5.41) is 0. The van der Waals surface area contributed by atoms with E-state index in [2.05, 4.69) is 0 Å². The van der Waals surface area contributed by atoms with Crippen LogP contribution in [0.4, 0.5) is 0 Å². The van der Waals surface area contributed by atoms with Gasteiger partial charge in [-0.05, 0) is 0 Å². The summed E-state index contributed by atoms with van der Waals surface area (Å²) in [6.45, 7) is 0. The summed E-state index contributed by atoms with van der Waals surface area (Å²) in [4.78, 5) is 0. The van der Waals surface area contributed by atoms with Crippen molar-refractivity contribution in [3.63, 3.8) is 0 Å². The van der Waals surface area contributed by atoms with Crippen molar-refractivity contribution >= 4 is 0 Å². The van der Waals surface area contributed by atoms with Gasteiger partial charge in [0.2, 0.25) is 0 Å². The zero-order valence-corrected chi connectivity index (χ0v) is 5.39. The molecule has 0 saturated carbocycles. The standard InChI is InChI=1S/C.Fe.Mn.Pd. The van der Waals surface area contributed by atoms with Gasteiger partial charge >= 0.3 is 0 Å². The first-order valence-electron chi connectivity index (χ1n) is 0. The van der Waals surface area contributed by atoms with Crippen LogP contribution in [0.3, 0.4) is 0 Å². The van der Waals surface area contributed by atoms with Crippen molar-refractivity contribution in [3.05, 3.63) is 7.43 Å². The Balaban J connectivity index is 0. The Morgan fingerprint density at radius 2 is 1.00 bits per heavy atom. The fourth-order valence-electron chi connectivity index (χ4n) is 0. The van der Waals surface area contributed by atoms with Gasteiger partial charge in [0, 0.05) is 62.0 Å². The molecule has 0 aliphatic rings. The average molecular weight is 229 g/mol. The minimum atomic E-state index is 0. The van der Waals surface area contributed by atoms with Gasteiger partial charge in [0.05, 0.1) is 0 Å². The molecule has 0 bridgehead atoms. The number of hydrogen-bond acceptors (Lipinski definition) is 0. The van der Waals surface area contributed by atoms with Gasteiger partial charge in [-0.25, -0.2) is 0 Å². The van der Waals surface area contributed by atoms with Crippen LogP contribution in [0, 0.1) is 7.43 Å². The smallest absolute Gasteiger partial charge is 0 e. The van der Waals surface area contributed by atoms with Crippen molar-refractivity contribution < 1.29 is 54.6 Å². The van der Waals surface area contributed by atoms with Crippen LogP contribution in [-0.4, -0.2) is 0 Å². The molecule has 4 heavy (non-hydrogen) atoms. The summed E-state index contributed by atoms with van der Waals surface area (Å²) < 4.78 is 0. The van der Waals surface area contributed by atoms with Gasteiger partial charge in [-0.15, -0.1) is 0 Å². The Bertz CT molecular complexity index is 8.00. The molecule has 0 saturated heterocycles. The molecule has 0 atom stereocenters. The Hall–Kier alpha value is 1.70. The fraction of sp³-hybridized carbons (Fsp3) is 0. The van der Waals surface area contributed by atoms with E-state index in [0.29, 0.717) is 0 Å². The maximum Gasteiger partial charge on any atom is 0 e. The van der Waals surface area contributed by atoms with Crippen LogP contribution in [-0.2, 0) is 54.6 Å². The summed E-state index contributed by atoms with van der Waals surface area (Å²) in [5.41, 5.74) is 0. The Labute approximate surface area is 61.7 Å². The van der Waals surface area contributed by atoms with Gasteiger partial charge < -0.3 is 0 Å². The molecule has 0 amide bonds. The van der Waals surface area contributed by atoms with Crippen LogP contribution < -0.4 is 0 Å². The first kappa shape index (κ1) is 43.5. The zero-order valence-electron chi connectivity index (χ0n) is 1.55. The van der Waals surface area contributed by atoms with E-state index in [1.807, 2.05) is 0 Å². The molecule has 29 valence electrons. The van der Waals surface area contributed by atoms with E-state index in [4.69, 9.17) is 0 Å². The van der Waals surface area contributed by atoms with Gasteiger partial charge in [0.25, 0.3) is 0 Å². The molecule has 0 aliphatic heterocycles. The van der Waals surface area contributed by atoms with Crippen LogP contribution >= 0.6 is 0 Å². The van der Waals surface area contributed by atoms with Gasteiger partial charge in [0.1, 0.15) is 0 Å². The molecule has 0 unspecified atom stereocenters. The predicted molar refractivity (Wildman–Crippen MR) is 3.24 cm³/mol. The van der Waals surface area contributed by atoms with Crippen molar-refractivity contribution in [2.24, 2.45) is 0 Å². The Kier molecular flexibility index (Phi) is 242. The average Bonchev–Trinajstić information content (AvgIpc) is 0. The maximum absolute atomic E-state index is 0. The van der Waals surface area contributed by atoms with Crippen molar-refractivity contribution in [3.8, 4) is 0 Å². The molecule has 0 aromatic carbocycles. The Morgan fingerprint density at radius 1 is 1.00 bits per heavy atom. The third-order valence-electron chi connectivity index (χ3n) is 0. The molecule has 0 aromatic heterocycles. The van der Waals surface area contributed by atoms with Crippen LogP contribution in [0.2, 0.25) is 0 Å². The Morgan fingerprint density at radius 3 is 1.00 bits per heavy atom. The topological polar surface area (TPSA) is 0 Å². The van der Waals surface area contributed by atoms with E-state index < -0.39 is 0 Å². The van der Waals surface area contributed by atoms with Crippen LogP contribution in [0.15, 0.2) is 0 Å².